The highest BCUT2D eigenvalue weighted by molar-refractivity contribution is 6.03. The first-order valence-corrected chi connectivity index (χ1v) is 17.0. The van der Waals surface area contributed by atoms with E-state index in [0.29, 0.717) is 11.8 Å². The Morgan fingerprint density at radius 3 is 1.34 bits per heavy atom. The summed E-state index contributed by atoms with van der Waals surface area (Å²) in [5, 5.41) is 5.49. The molecule has 2 aliphatic heterocycles. The number of allylic oxidation sites excluding steroid dienone is 2. The molecule has 2 nitrogen and oxygen atoms in total. The first-order valence-electron chi connectivity index (χ1n) is 17.0. The Hall–Kier alpha value is -3.52. The maximum atomic E-state index is 2.63. The Bertz CT molecular complexity index is 1680. The summed E-state index contributed by atoms with van der Waals surface area (Å²) >= 11 is 0. The van der Waals surface area contributed by atoms with E-state index in [-0.39, 0.29) is 10.8 Å². The fourth-order valence-corrected chi connectivity index (χ4v) is 7.94. The highest BCUT2D eigenvalue weighted by Gasteiger charge is 2.48. The molecule has 0 aromatic heterocycles. The monoisotopic (exact) mass is 584 g/mol. The van der Waals surface area contributed by atoms with Crippen LogP contribution in [-0.4, -0.2) is 33.7 Å². The molecule has 0 fully saturated rings. The molecule has 0 radical (unpaired) electrons. The fraction of sp³-hybridized carbons (Fsp3) is 0.429. The maximum Gasteiger partial charge on any atom is 0.210 e. The zero-order valence-electron chi connectivity index (χ0n) is 28.4. The van der Waals surface area contributed by atoms with Crippen molar-refractivity contribution in [3.63, 3.8) is 0 Å². The maximum absolute atomic E-state index is 2.63. The lowest BCUT2D eigenvalue weighted by atomic mass is 9.73. The number of rotatable bonds is 10. The van der Waals surface area contributed by atoms with E-state index in [4.69, 9.17) is 0 Å². The van der Waals surface area contributed by atoms with Crippen molar-refractivity contribution >= 4 is 44.3 Å². The minimum absolute atomic E-state index is 0.0348. The van der Waals surface area contributed by atoms with Crippen LogP contribution >= 0.6 is 0 Å². The molecule has 2 heteroatoms. The van der Waals surface area contributed by atoms with Crippen molar-refractivity contribution in [3.8, 4) is 0 Å². The van der Waals surface area contributed by atoms with Gasteiger partial charge in [-0.15, -0.1) is 0 Å². The first kappa shape index (κ1) is 30.5. The van der Waals surface area contributed by atoms with Gasteiger partial charge in [0.2, 0.25) is 11.4 Å². The summed E-state index contributed by atoms with van der Waals surface area (Å²) in [7, 11) is 0. The van der Waals surface area contributed by atoms with Gasteiger partial charge < -0.3 is 0 Å². The topological polar surface area (TPSA) is 6.02 Å². The molecule has 2 unspecified atom stereocenters. The average Bonchev–Trinajstić information content (AvgIpc) is 3.36. The molecule has 6 rings (SSSR count). The fourth-order valence-electron chi connectivity index (χ4n) is 7.94. The number of fused-ring (bicyclic) bond motifs is 6. The lowest BCUT2D eigenvalue weighted by Gasteiger charge is -2.24. The Labute approximate surface area is 265 Å². The van der Waals surface area contributed by atoms with Gasteiger partial charge in [0.05, 0.1) is 10.8 Å². The predicted molar refractivity (Wildman–Crippen MR) is 191 cm³/mol. The van der Waals surface area contributed by atoms with E-state index >= 15 is 0 Å². The third-order valence-corrected chi connectivity index (χ3v) is 11.0. The van der Waals surface area contributed by atoms with Gasteiger partial charge in [-0.05, 0) is 72.2 Å². The van der Waals surface area contributed by atoms with Crippen LogP contribution in [0.4, 0.5) is 11.4 Å². The smallest absolute Gasteiger partial charge is 0.199 e. The summed E-state index contributed by atoms with van der Waals surface area (Å²) in [5.41, 5.74) is 8.73. The zero-order valence-corrected chi connectivity index (χ0v) is 28.4. The largest absolute Gasteiger partial charge is 0.210 e. The first-order chi connectivity index (χ1) is 21.1. The molecule has 0 N–H and O–H groups in total. The molecule has 2 aliphatic rings. The van der Waals surface area contributed by atoms with Crippen LogP contribution in [0, 0.1) is 11.8 Å². The SMILES string of the molecule is CC1=[N+](CCC(C)C)c2ccc3ccccc3c2C1(C)CC=CCC1(C)C(C)=[N+](CCC(C)C)c2ccc3ccccc3c21. The quantitative estimate of drug-likeness (QED) is 0.129. The van der Waals surface area contributed by atoms with E-state index in [1.54, 1.807) is 0 Å². The van der Waals surface area contributed by atoms with Crippen LogP contribution in [0.3, 0.4) is 0 Å². The van der Waals surface area contributed by atoms with E-state index < -0.39 is 0 Å². The highest BCUT2D eigenvalue weighted by atomic mass is 15.1. The van der Waals surface area contributed by atoms with E-state index in [9.17, 15) is 0 Å². The van der Waals surface area contributed by atoms with Gasteiger partial charge in [0.25, 0.3) is 0 Å². The molecule has 228 valence electrons. The van der Waals surface area contributed by atoms with Crippen LogP contribution in [0.5, 0.6) is 0 Å². The molecule has 2 heterocycles. The van der Waals surface area contributed by atoms with Gasteiger partial charge in [-0.25, -0.2) is 0 Å². The molecule has 4 aromatic rings. The minimum Gasteiger partial charge on any atom is -0.199 e. The molecule has 4 aromatic carbocycles. The summed E-state index contributed by atoms with van der Waals surface area (Å²) in [6, 6.07) is 27.3. The summed E-state index contributed by atoms with van der Waals surface area (Å²) < 4.78 is 5.25. The minimum atomic E-state index is -0.0348. The average molecular weight is 585 g/mol. The second-order valence-electron chi connectivity index (χ2n) is 14.7. The molecular weight excluding hydrogens is 532 g/mol. The van der Waals surface area contributed by atoms with Crippen LogP contribution in [0.2, 0.25) is 0 Å². The molecule has 0 aliphatic carbocycles. The van der Waals surface area contributed by atoms with Gasteiger partial charge in [0.1, 0.15) is 13.1 Å². The molecule has 0 saturated heterocycles. The molecule has 0 bridgehead atoms. The molecular formula is C42H52N2+2. The molecule has 44 heavy (non-hydrogen) atoms. The number of benzene rings is 4. The molecule has 2 atom stereocenters. The second kappa shape index (κ2) is 11.8. The highest BCUT2D eigenvalue weighted by Crippen LogP contribution is 2.48. The molecule has 0 amide bonds. The van der Waals surface area contributed by atoms with Crippen molar-refractivity contribution in [2.45, 2.75) is 91.9 Å². The third-order valence-electron chi connectivity index (χ3n) is 11.0. The Morgan fingerprint density at radius 2 is 0.955 bits per heavy atom. The summed E-state index contributed by atoms with van der Waals surface area (Å²) in [6.45, 7) is 21.2. The van der Waals surface area contributed by atoms with Gasteiger partial charge in [-0.2, -0.15) is 9.15 Å². The Kier molecular flexibility index (Phi) is 8.16. The van der Waals surface area contributed by atoms with Crippen molar-refractivity contribution in [1.29, 1.82) is 0 Å². The van der Waals surface area contributed by atoms with Crippen LogP contribution in [0.1, 0.15) is 92.2 Å². The van der Waals surface area contributed by atoms with E-state index in [1.807, 2.05) is 0 Å². The molecule has 0 spiro atoms. The van der Waals surface area contributed by atoms with E-state index in [1.165, 1.54) is 68.3 Å². The van der Waals surface area contributed by atoms with Gasteiger partial charge in [0, 0.05) is 49.9 Å². The number of hydrogen-bond acceptors (Lipinski definition) is 0. The van der Waals surface area contributed by atoms with Crippen LogP contribution in [0.25, 0.3) is 21.5 Å². The van der Waals surface area contributed by atoms with E-state index in [0.717, 1.165) is 25.9 Å². The van der Waals surface area contributed by atoms with Gasteiger partial charge in [-0.3, -0.25) is 0 Å². The van der Waals surface area contributed by atoms with Crippen molar-refractivity contribution < 1.29 is 9.15 Å². The summed E-state index contributed by atoms with van der Waals surface area (Å²) in [6.07, 6.45) is 9.41. The van der Waals surface area contributed by atoms with Gasteiger partial charge >= 0.3 is 0 Å². The normalized spacial score (nSPS) is 21.6. The molecule has 0 saturated carbocycles. The lowest BCUT2D eigenvalue weighted by Crippen LogP contribution is -2.31. The summed E-state index contributed by atoms with van der Waals surface area (Å²) in [4.78, 5) is 0. The van der Waals surface area contributed by atoms with Crippen molar-refractivity contribution in [1.82, 2.24) is 0 Å². The number of nitrogens with zero attached hydrogens (tertiary/aromatic N) is 2. The third kappa shape index (κ3) is 5.05. The Balaban J connectivity index is 1.37. The van der Waals surface area contributed by atoms with Crippen molar-refractivity contribution in [3.05, 3.63) is 96.1 Å². The van der Waals surface area contributed by atoms with Gasteiger partial charge in [-0.1, -0.05) is 88.4 Å². The Morgan fingerprint density at radius 1 is 0.568 bits per heavy atom. The zero-order chi connectivity index (χ0) is 31.2. The van der Waals surface area contributed by atoms with Crippen LogP contribution in [-0.2, 0) is 10.8 Å². The second-order valence-corrected chi connectivity index (χ2v) is 14.7. The van der Waals surface area contributed by atoms with E-state index in [2.05, 4.69) is 149 Å². The van der Waals surface area contributed by atoms with Crippen LogP contribution < -0.4 is 0 Å². The van der Waals surface area contributed by atoms with Crippen LogP contribution in [0.15, 0.2) is 84.9 Å². The van der Waals surface area contributed by atoms with Gasteiger partial charge in [0.15, 0.2) is 11.4 Å². The van der Waals surface area contributed by atoms with Crippen molar-refractivity contribution in [2.75, 3.05) is 13.1 Å². The lowest BCUT2D eigenvalue weighted by molar-refractivity contribution is -0.441. The number of hydrogen-bond donors (Lipinski definition) is 0. The predicted octanol–water partition coefficient (Wildman–Crippen LogP) is 10.9. The summed E-state index contributed by atoms with van der Waals surface area (Å²) in [5.74, 6) is 1.37. The standard InChI is InChI=1S/C42H52N2/c1-29(2)23-27-43-31(5)41(7,39-35-17-11-9-15-33(35)19-21-37(39)43)25-13-14-26-42(8)32(6)44(28-24-30(3)4)38-22-20-34-16-10-12-18-36(34)40(38)42/h9-22,29-30H,23-28H2,1-8H3/q+2. The van der Waals surface area contributed by atoms with Crippen molar-refractivity contribution in [2.24, 2.45) is 11.8 Å².